The van der Waals surface area contributed by atoms with Crippen molar-refractivity contribution in [2.75, 3.05) is 6.26 Å². The molecule has 5 heteroatoms. The van der Waals surface area contributed by atoms with Crippen molar-refractivity contribution >= 4 is 32.3 Å². The van der Waals surface area contributed by atoms with Crippen LogP contribution in [0.4, 0.5) is 0 Å². The lowest BCUT2D eigenvalue weighted by molar-refractivity contribution is 0.602. The van der Waals surface area contributed by atoms with Gasteiger partial charge in [-0.2, -0.15) is 0 Å². The number of halogens is 1. The van der Waals surface area contributed by atoms with Crippen molar-refractivity contribution in [3.8, 4) is 0 Å². The quantitative estimate of drug-likeness (QED) is 0.787. The maximum absolute atomic E-state index is 11.4. The normalized spacial score (nSPS) is 11.9. The maximum Gasteiger partial charge on any atom is 0.175 e. The van der Waals surface area contributed by atoms with Crippen LogP contribution in [0, 0.1) is 6.92 Å². The highest BCUT2D eigenvalue weighted by Crippen LogP contribution is 2.25. The molecule has 0 aliphatic heterocycles. The van der Waals surface area contributed by atoms with E-state index in [9.17, 15) is 8.42 Å². The molecule has 0 aliphatic rings. The van der Waals surface area contributed by atoms with E-state index >= 15 is 0 Å². The first-order valence-electron chi connectivity index (χ1n) is 4.65. The Morgan fingerprint density at radius 1 is 1.25 bits per heavy atom. The fourth-order valence-electron chi connectivity index (χ4n) is 1.52. The third kappa shape index (κ3) is 2.03. The molecule has 1 aromatic carbocycles. The number of fused-ring (bicyclic) bond motifs is 1. The maximum atomic E-state index is 11.4. The molecular formula is C11H10ClNO2S. The average Bonchev–Trinajstić information content (AvgIpc) is 2.15. The molecule has 0 atom stereocenters. The summed E-state index contributed by atoms with van der Waals surface area (Å²) in [5.41, 5.74) is 1.52. The first kappa shape index (κ1) is 11.4. The Balaban J connectivity index is 2.82. The van der Waals surface area contributed by atoms with Gasteiger partial charge in [-0.05, 0) is 31.2 Å². The minimum atomic E-state index is -3.21. The van der Waals surface area contributed by atoms with E-state index in [-0.39, 0.29) is 4.90 Å². The van der Waals surface area contributed by atoms with Crippen molar-refractivity contribution in [3.05, 3.63) is 35.0 Å². The van der Waals surface area contributed by atoms with Gasteiger partial charge in [0.2, 0.25) is 0 Å². The predicted molar refractivity (Wildman–Crippen MR) is 64.6 cm³/mol. The second kappa shape index (κ2) is 3.71. The van der Waals surface area contributed by atoms with Crippen LogP contribution in [-0.4, -0.2) is 19.7 Å². The second-order valence-electron chi connectivity index (χ2n) is 3.70. The van der Waals surface area contributed by atoms with E-state index in [1.807, 2.05) is 6.92 Å². The fourth-order valence-corrected chi connectivity index (χ4v) is 2.47. The molecule has 2 aromatic rings. The molecule has 84 valence electrons. The van der Waals surface area contributed by atoms with Gasteiger partial charge < -0.3 is 0 Å². The molecule has 2 rings (SSSR count). The summed E-state index contributed by atoms with van der Waals surface area (Å²) in [6.45, 7) is 1.84. The number of benzene rings is 1. The number of pyridine rings is 1. The van der Waals surface area contributed by atoms with E-state index < -0.39 is 9.84 Å². The van der Waals surface area contributed by atoms with Gasteiger partial charge in [0.25, 0.3) is 0 Å². The Morgan fingerprint density at radius 2 is 1.94 bits per heavy atom. The lowest BCUT2D eigenvalue weighted by Crippen LogP contribution is -1.97. The smallest absolute Gasteiger partial charge is 0.175 e. The number of hydrogen-bond acceptors (Lipinski definition) is 3. The minimum Gasteiger partial charge on any atom is -0.253 e. The topological polar surface area (TPSA) is 47.0 Å². The summed E-state index contributed by atoms with van der Waals surface area (Å²) >= 11 is 6.05. The molecule has 0 amide bonds. The van der Waals surface area contributed by atoms with Crippen LogP contribution < -0.4 is 0 Å². The minimum absolute atomic E-state index is 0.257. The van der Waals surface area contributed by atoms with Gasteiger partial charge in [-0.25, -0.2) is 8.42 Å². The van der Waals surface area contributed by atoms with Gasteiger partial charge in [-0.1, -0.05) is 11.6 Å². The molecule has 0 bridgehead atoms. The standard InChI is InChI=1S/C11H10ClNO2S/c1-7-5-10(12)9-6-8(16(2,14)15)3-4-11(9)13-7/h3-6H,1-2H3. The molecule has 0 radical (unpaired) electrons. The van der Waals surface area contributed by atoms with Gasteiger partial charge in [0, 0.05) is 17.3 Å². The first-order chi connectivity index (χ1) is 7.38. The number of aryl methyl sites for hydroxylation is 1. The number of hydrogen-bond donors (Lipinski definition) is 0. The van der Waals surface area contributed by atoms with Crippen molar-refractivity contribution in [2.24, 2.45) is 0 Å². The van der Waals surface area contributed by atoms with Gasteiger partial charge in [0.15, 0.2) is 9.84 Å². The molecule has 16 heavy (non-hydrogen) atoms. The third-order valence-electron chi connectivity index (χ3n) is 2.29. The lowest BCUT2D eigenvalue weighted by Gasteiger charge is -2.04. The second-order valence-corrected chi connectivity index (χ2v) is 6.12. The van der Waals surface area contributed by atoms with Crippen molar-refractivity contribution in [1.82, 2.24) is 4.98 Å². The number of nitrogens with zero attached hydrogens (tertiary/aromatic N) is 1. The Labute approximate surface area is 99.0 Å². The van der Waals surface area contributed by atoms with Crippen molar-refractivity contribution < 1.29 is 8.42 Å². The molecule has 3 nitrogen and oxygen atoms in total. The van der Waals surface area contributed by atoms with E-state index in [1.165, 1.54) is 6.26 Å². The summed E-state index contributed by atoms with van der Waals surface area (Å²) in [5.74, 6) is 0. The van der Waals surface area contributed by atoms with Crippen LogP contribution >= 0.6 is 11.6 Å². The average molecular weight is 256 g/mol. The fraction of sp³-hybridized carbons (Fsp3) is 0.182. The van der Waals surface area contributed by atoms with E-state index in [1.54, 1.807) is 24.3 Å². The van der Waals surface area contributed by atoms with Crippen LogP contribution in [0.2, 0.25) is 5.02 Å². The molecule has 0 saturated heterocycles. The summed E-state index contributed by atoms with van der Waals surface area (Å²) < 4.78 is 22.8. The summed E-state index contributed by atoms with van der Waals surface area (Å²) in [7, 11) is -3.21. The Kier molecular flexibility index (Phi) is 2.64. The SMILES string of the molecule is Cc1cc(Cl)c2cc(S(C)(=O)=O)ccc2n1. The number of aromatic nitrogens is 1. The monoisotopic (exact) mass is 255 g/mol. The van der Waals surface area contributed by atoms with Crippen LogP contribution in [0.3, 0.4) is 0 Å². The molecule has 0 spiro atoms. The number of rotatable bonds is 1. The van der Waals surface area contributed by atoms with Crippen LogP contribution in [0.15, 0.2) is 29.2 Å². The predicted octanol–water partition coefficient (Wildman–Crippen LogP) is 2.60. The van der Waals surface area contributed by atoms with Crippen molar-refractivity contribution in [1.29, 1.82) is 0 Å². The summed E-state index contributed by atoms with van der Waals surface area (Å²) in [4.78, 5) is 4.54. The zero-order valence-corrected chi connectivity index (χ0v) is 10.4. The van der Waals surface area contributed by atoms with E-state index in [0.717, 1.165) is 5.69 Å². The van der Waals surface area contributed by atoms with Gasteiger partial charge in [0.05, 0.1) is 15.4 Å². The zero-order chi connectivity index (χ0) is 11.9. The van der Waals surface area contributed by atoms with Crippen LogP contribution in [0.5, 0.6) is 0 Å². The van der Waals surface area contributed by atoms with Gasteiger partial charge >= 0.3 is 0 Å². The summed E-state index contributed by atoms with van der Waals surface area (Å²) in [6, 6.07) is 6.49. The molecule has 0 unspecified atom stereocenters. The number of sulfone groups is 1. The highest BCUT2D eigenvalue weighted by Gasteiger charge is 2.10. The molecular weight excluding hydrogens is 246 g/mol. The molecule has 1 heterocycles. The summed E-state index contributed by atoms with van der Waals surface area (Å²) in [5, 5.41) is 1.18. The summed E-state index contributed by atoms with van der Waals surface area (Å²) in [6.07, 6.45) is 1.17. The van der Waals surface area contributed by atoms with Crippen LogP contribution in [-0.2, 0) is 9.84 Å². The van der Waals surface area contributed by atoms with Crippen LogP contribution in [0.1, 0.15) is 5.69 Å². The molecule has 0 fully saturated rings. The molecule has 1 aromatic heterocycles. The van der Waals surface area contributed by atoms with Gasteiger partial charge in [-0.3, -0.25) is 4.98 Å². The Morgan fingerprint density at radius 3 is 2.56 bits per heavy atom. The molecule has 0 N–H and O–H groups in total. The van der Waals surface area contributed by atoms with Crippen molar-refractivity contribution in [2.45, 2.75) is 11.8 Å². The first-order valence-corrected chi connectivity index (χ1v) is 6.92. The molecule has 0 aliphatic carbocycles. The lowest BCUT2D eigenvalue weighted by atomic mass is 10.2. The molecule has 0 saturated carbocycles. The van der Waals surface area contributed by atoms with Gasteiger partial charge in [-0.15, -0.1) is 0 Å². The van der Waals surface area contributed by atoms with Gasteiger partial charge in [0.1, 0.15) is 0 Å². The Hall–Kier alpha value is -1.13. The van der Waals surface area contributed by atoms with E-state index in [2.05, 4.69) is 4.98 Å². The zero-order valence-electron chi connectivity index (χ0n) is 8.86. The highest BCUT2D eigenvalue weighted by atomic mass is 35.5. The van der Waals surface area contributed by atoms with E-state index in [4.69, 9.17) is 11.6 Å². The Bertz CT molecular complexity index is 665. The van der Waals surface area contributed by atoms with Crippen molar-refractivity contribution in [3.63, 3.8) is 0 Å². The van der Waals surface area contributed by atoms with E-state index in [0.29, 0.717) is 15.9 Å². The third-order valence-corrected chi connectivity index (χ3v) is 3.71. The largest absolute Gasteiger partial charge is 0.253 e. The highest BCUT2D eigenvalue weighted by molar-refractivity contribution is 7.90. The van der Waals surface area contributed by atoms with Crippen LogP contribution in [0.25, 0.3) is 10.9 Å².